The van der Waals surface area contributed by atoms with Crippen LogP contribution in [0.1, 0.15) is 38.5 Å². The fourth-order valence-corrected chi connectivity index (χ4v) is 3.17. The molecule has 0 radical (unpaired) electrons. The molecule has 0 unspecified atom stereocenters. The van der Waals surface area contributed by atoms with Gasteiger partial charge in [0.05, 0.1) is 21.6 Å². The molecule has 0 aliphatic carbocycles. The van der Waals surface area contributed by atoms with Gasteiger partial charge in [-0.15, -0.1) is 0 Å². The molecule has 0 amide bonds. The van der Waals surface area contributed by atoms with E-state index in [1.54, 1.807) is 6.07 Å². The van der Waals surface area contributed by atoms with E-state index in [0.717, 1.165) is 36.1 Å². The molecule has 21 heavy (non-hydrogen) atoms. The van der Waals surface area contributed by atoms with E-state index < -0.39 is 0 Å². The molecule has 1 aromatic heterocycles. The Morgan fingerprint density at radius 2 is 1.90 bits per heavy atom. The van der Waals surface area contributed by atoms with E-state index in [2.05, 4.69) is 26.1 Å². The van der Waals surface area contributed by atoms with Gasteiger partial charge in [0.2, 0.25) is 0 Å². The van der Waals surface area contributed by atoms with Gasteiger partial charge in [-0.05, 0) is 31.4 Å². The Bertz CT molecular complexity index is 634. The Morgan fingerprint density at radius 3 is 2.52 bits per heavy atom. The molecule has 0 fully saturated rings. The highest BCUT2D eigenvalue weighted by Gasteiger charge is 2.21. The average Bonchev–Trinajstić information content (AvgIpc) is 2.75. The zero-order chi connectivity index (χ0) is 15.6. The smallest absolute Gasteiger partial charge is 0.154 e. The molecule has 5 heteroatoms. The lowest BCUT2D eigenvalue weighted by molar-refractivity contribution is 0.501. The van der Waals surface area contributed by atoms with Crippen molar-refractivity contribution in [3.05, 3.63) is 32.5 Å². The summed E-state index contributed by atoms with van der Waals surface area (Å²) in [6, 6.07) is 1.64. The number of nitrogens with one attached hydrogen (secondary N) is 1. The van der Waals surface area contributed by atoms with Gasteiger partial charge in [0, 0.05) is 10.9 Å². The number of rotatable bonds is 6. The number of hydrogen-bond acceptors (Lipinski definition) is 2. The summed E-state index contributed by atoms with van der Waals surface area (Å²) in [6.45, 7) is 8.09. The fourth-order valence-electron chi connectivity index (χ4n) is 2.42. The third kappa shape index (κ3) is 3.68. The van der Waals surface area contributed by atoms with Crippen molar-refractivity contribution in [2.24, 2.45) is 5.92 Å². The van der Waals surface area contributed by atoms with Crippen LogP contribution in [0.3, 0.4) is 0 Å². The normalized spacial score (nSPS) is 11.8. The van der Waals surface area contributed by atoms with Gasteiger partial charge < -0.3 is 9.73 Å². The molecule has 0 saturated carbocycles. The van der Waals surface area contributed by atoms with Crippen molar-refractivity contribution in [2.75, 3.05) is 6.54 Å². The van der Waals surface area contributed by atoms with Crippen molar-refractivity contribution in [2.45, 2.75) is 40.2 Å². The van der Waals surface area contributed by atoms with E-state index in [1.807, 2.05) is 0 Å². The highest BCUT2D eigenvalue weighted by molar-refractivity contribution is 6.47. The van der Waals surface area contributed by atoms with Crippen LogP contribution in [0.2, 0.25) is 15.1 Å². The van der Waals surface area contributed by atoms with Gasteiger partial charge in [-0.2, -0.15) is 0 Å². The van der Waals surface area contributed by atoms with Crippen LogP contribution in [-0.4, -0.2) is 6.54 Å². The van der Waals surface area contributed by atoms with Crippen LogP contribution in [0.15, 0.2) is 10.5 Å². The molecule has 0 saturated heterocycles. The maximum Gasteiger partial charge on any atom is 0.154 e. The Morgan fingerprint density at radius 1 is 1.19 bits per heavy atom. The summed E-state index contributed by atoms with van der Waals surface area (Å²) < 4.78 is 5.98. The number of halogens is 3. The molecule has 0 spiro atoms. The number of benzene rings is 1. The predicted molar refractivity (Wildman–Crippen MR) is 91.8 cm³/mol. The third-order valence-electron chi connectivity index (χ3n) is 3.31. The molecule has 0 bridgehead atoms. The SMILES string of the molecule is CCCNCc1oc2c(Cl)cc(Cl)c(Cl)c2c1CC(C)C. The van der Waals surface area contributed by atoms with Crippen molar-refractivity contribution >= 4 is 45.8 Å². The van der Waals surface area contributed by atoms with E-state index in [0.29, 0.717) is 33.1 Å². The zero-order valence-electron chi connectivity index (χ0n) is 12.5. The number of hydrogen-bond donors (Lipinski definition) is 1. The standard InChI is InChI=1S/C16H20Cl3NO/c1-4-5-20-8-13-10(6-9(2)3)14-15(19)11(17)7-12(18)16(14)21-13/h7,9,20H,4-6,8H2,1-3H3. The van der Waals surface area contributed by atoms with Gasteiger partial charge in [0.25, 0.3) is 0 Å². The maximum absolute atomic E-state index is 6.39. The van der Waals surface area contributed by atoms with Crippen LogP contribution < -0.4 is 5.32 Å². The quantitative estimate of drug-likeness (QED) is 0.504. The topological polar surface area (TPSA) is 25.2 Å². The molecule has 1 aromatic carbocycles. The molecule has 2 nitrogen and oxygen atoms in total. The summed E-state index contributed by atoms with van der Waals surface area (Å²) in [4.78, 5) is 0. The summed E-state index contributed by atoms with van der Waals surface area (Å²) in [5, 5.41) is 5.72. The Labute approximate surface area is 140 Å². The van der Waals surface area contributed by atoms with Crippen LogP contribution in [0.5, 0.6) is 0 Å². The van der Waals surface area contributed by atoms with Crippen molar-refractivity contribution in [1.29, 1.82) is 0 Å². The first kappa shape index (κ1) is 17.0. The largest absolute Gasteiger partial charge is 0.458 e. The second-order valence-corrected chi connectivity index (χ2v) is 6.83. The van der Waals surface area contributed by atoms with Crippen molar-refractivity contribution in [3.8, 4) is 0 Å². The zero-order valence-corrected chi connectivity index (χ0v) is 14.8. The minimum absolute atomic E-state index is 0.466. The number of furan rings is 1. The molecule has 1 N–H and O–H groups in total. The van der Waals surface area contributed by atoms with Crippen LogP contribution in [0.4, 0.5) is 0 Å². The monoisotopic (exact) mass is 347 g/mol. The van der Waals surface area contributed by atoms with Crippen molar-refractivity contribution < 1.29 is 4.42 Å². The van der Waals surface area contributed by atoms with Crippen LogP contribution in [0.25, 0.3) is 11.0 Å². The summed E-state index contributed by atoms with van der Waals surface area (Å²) in [5.41, 5.74) is 1.74. The van der Waals surface area contributed by atoms with Gasteiger partial charge in [-0.25, -0.2) is 0 Å². The van der Waals surface area contributed by atoms with Gasteiger partial charge in [-0.3, -0.25) is 0 Å². The second kappa shape index (κ2) is 7.23. The molecule has 0 aliphatic heterocycles. The minimum Gasteiger partial charge on any atom is -0.458 e. The highest BCUT2D eigenvalue weighted by Crippen LogP contribution is 2.41. The molecule has 1 heterocycles. The summed E-state index contributed by atoms with van der Waals surface area (Å²) in [5.74, 6) is 1.39. The fraction of sp³-hybridized carbons (Fsp3) is 0.500. The Hall–Kier alpha value is -0.410. The first-order chi connectivity index (χ1) is 9.95. The first-order valence-electron chi connectivity index (χ1n) is 7.24. The van der Waals surface area contributed by atoms with Gasteiger partial charge in [-0.1, -0.05) is 55.6 Å². The van der Waals surface area contributed by atoms with E-state index in [-0.39, 0.29) is 0 Å². The van der Waals surface area contributed by atoms with Gasteiger partial charge in [0.15, 0.2) is 5.58 Å². The molecule has 0 atom stereocenters. The molecule has 2 aromatic rings. The van der Waals surface area contributed by atoms with Crippen molar-refractivity contribution in [1.82, 2.24) is 5.32 Å². The third-order valence-corrected chi connectivity index (χ3v) is 4.38. The lowest BCUT2D eigenvalue weighted by Crippen LogP contribution is -2.14. The van der Waals surface area contributed by atoms with E-state index in [1.165, 1.54) is 0 Å². The maximum atomic E-state index is 6.39. The lowest BCUT2D eigenvalue weighted by atomic mass is 9.99. The minimum atomic E-state index is 0.466. The average molecular weight is 349 g/mol. The lowest BCUT2D eigenvalue weighted by Gasteiger charge is -2.08. The molecule has 116 valence electrons. The van der Waals surface area contributed by atoms with Crippen LogP contribution in [0, 0.1) is 5.92 Å². The molecule has 0 aliphatic rings. The molecular weight excluding hydrogens is 329 g/mol. The van der Waals surface area contributed by atoms with Crippen LogP contribution in [-0.2, 0) is 13.0 Å². The van der Waals surface area contributed by atoms with Crippen molar-refractivity contribution in [3.63, 3.8) is 0 Å². The molecule has 2 rings (SSSR count). The Kier molecular flexibility index (Phi) is 5.84. The highest BCUT2D eigenvalue weighted by atomic mass is 35.5. The van der Waals surface area contributed by atoms with Gasteiger partial charge in [0.1, 0.15) is 5.76 Å². The van der Waals surface area contributed by atoms with Crippen LogP contribution >= 0.6 is 34.8 Å². The van der Waals surface area contributed by atoms with Gasteiger partial charge >= 0.3 is 0 Å². The summed E-state index contributed by atoms with van der Waals surface area (Å²) >= 11 is 18.8. The number of fused-ring (bicyclic) bond motifs is 1. The van der Waals surface area contributed by atoms with E-state index in [4.69, 9.17) is 39.2 Å². The predicted octanol–water partition coefficient (Wildman–Crippen LogP) is 6.09. The summed E-state index contributed by atoms with van der Waals surface area (Å²) in [7, 11) is 0. The molecular formula is C16H20Cl3NO. The Balaban J connectivity index is 2.56. The summed E-state index contributed by atoms with van der Waals surface area (Å²) in [6.07, 6.45) is 1.96. The first-order valence-corrected chi connectivity index (χ1v) is 8.37. The van der Waals surface area contributed by atoms with E-state index in [9.17, 15) is 0 Å². The van der Waals surface area contributed by atoms with E-state index >= 15 is 0 Å². The second-order valence-electron chi connectivity index (χ2n) is 5.64.